The van der Waals surface area contributed by atoms with Crippen LogP contribution in [0.4, 0.5) is 0 Å². The summed E-state index contributed by atoms with van der Waals surface area (Å²) in [7, 11) is -3.50. The highest BCUT2D eigenvalue weighted by molar-refractivity contribution is 7.99. The van der Waals surface area contributed by atoms with Crippen LogP contribution in [-0.2, 0) is 16.6 Å². The summed E-state index contributed by atoms with van der Waals surface area (Å²) in [5.41, 5.74) is 0.697. The first kappa shape index (κ1) is 15.8. The van der Waals surface area contributed by atoms with Crippen molar-refractivity contribution in [3.63, 3.8) is 0 Å². The quantitative estimate of drug-likeness (QED) is 0.634. The maximum Gasteiger partial charge on any atom is 0.257 e. The van der Waals surface area contributed by atoms with E-state index in [2.05, 4.69) is 27.2 Å². The predicted molar refractivity (Wildman–Crippen MR) is 81.2 cm³/mol. The van der Waals surface area contributed by atoms with Crippen molar-refractivity contribution in [1.82, 2.24) is 20.2 Å². The summed E-state index contributed by atoms with van der Waals surface area (Å²) in [6.45, 7) is 3.07. The summed E-state index contributed by atoms with van der Waals surface area (Å²) >= 11 is 1.73. The smallest absolute Gasteiger partial charge is 0.257 e. The number of nitrogens with zero attached hydrogens (tertiary/aromatic N) is 1. The molecule has 20 heavy (non-hydrogen) atoms. The van der Waals surface area contributed by atoms with E-state index in [1.54, 1.807) is 18.0 Å². The molecule has 0 amide bonds. The lowest BCUT2D eigenvalue weighted by Gasteiger charge is -2.10. The van der Waals surface area contributed by atoms with Crippen LogP contribution in [0.25, 0.3) is 0 Å². The van der Waals surface area contributed by atoms with E-state index in [1.807, 2.05) is 6.26 Å². The van der Waals surface area contributed by atoms with Gasteiger partial charge in [-0.15, -0.1) is 0 Å². The van der Waals surface area contributed by atoms with Gasteiger partial charge in [0.2, 0.25) is 0 Å². The monoisotopic (exact) mass is 318 g/mol. The van der Waals surface area contributed by atoms with Crippen molar-refractivity contribution in [3.05, 3.63) is 11.8 Å². The molecule has 1 aromatic heterocycles. The van der Waals surface area contributed by atoms with Crippen molar-refractivity contribution in [2.75, 3.05) is 12.8 Å². The third-order valence-corrected chi connectivity index (χ3v) is 5.87. The van der Waals surface area contributed by atoms with Crippen LogP contribution in [0.3, 0.4) is 0 Å². The van der Waals surface area contributed by atoms with Gasteiger partial charge < -0.3 is 5.32 Å². The van der Waals surface area contributed by atoms with Crippen LogP contribution in [-0.4, -0.2) is 42.7 Å². The fourth-order valence-corrected chi connectivity index (χ4v) is 3.31. The van der Waals surface area contributed by atoms with E-state index in [-0.39, 0.29) is 5.03 Å². The normalized spacial score (nSPS) is 17.3. The van der Waals surface area contributed by atoms with E-state index in [0.717, 1.165) is 6.42 Å². The summed E-state index contributed by atoms with van der Waals surface area (Å²) < 4.78 is 27.1. The Morgan fingerprint density at radius 2 is 2.30 bits per heavy atom. The van der Waals surface area contributed by atoms with Crippen molar-refractivity contribution in [1.29, 1.82) is 0 Å². The summed E-state index contributed by atoms with van der Waals surface area (Å²) in [6, 6.07) is 0.538. The largest absolute Gasteiger partial charge is 0.310 e. The minimum absolute atomic E-state index is 0.183. The first-order valence-electron chi connectivity index (χ1n) is 6.81. The number of hydrogen-bond acceptors (Lipinski definition) is 5. The zero-order valence-corrected chi connectivity index (χ0v) is 13.5. The van der Waals surface area contributed by atoms with Gasteiger partial charge >= 0.3 is 0 Å². The Balaban J connectivity index is 1.92. The van der Waals surface area contributed by atoms with Crippen molar-refractivity contribution in [3.8, 4) is 0 Å². The average Bonchev–Trinajstić information content (AvgIpc) is 3.11. The summed E-state index contributed by atoms with van der Waals surface area (Å²) in [6.07, 6.45) is 6.75. The van der Waals surface area contributed by atoms with E-state index in [1.165, 1.54) is 12.8 Å². The molecular weight excluding hydrogens is 296 g/mol. The molecule has 114 valence electrons. The summed E-state index contributed by atoms with van der Waals surface area (Å²) in [5, 5.41) is 10.4. The van der Waals surface area contributed by atoms with Gasteiger partial charge in [-0.1, -0.05) is 6.92 Å². The van der Waals surface area contributed by atoms with E-state index >= 15 is 0 Å². The Hall–Kier alpha value is -0.570. The molecular formula is C12H22N4O2S2. The molecule has 3 N–H and O–H groups in total. The second kappa shape index (κ2) is 6.93. The number of rotatable bonds is 9. The van der Waals surface area contributed by atoms with Crippen LogP contribution >= 0.6 is 11.8 Å². The molecule has 1 aromatic rings. The lowest BCUT2D eigenvalue weighted by Crippen LogP contribution is -2.28. The molecule has 1 saturated carbocycles. The number of thioether (sulfide) groups is 1. The first-order chi connectivity index (χ1) is 9.53. The Morgan fingerprint density at radius 1 is 1.55 bits per heavy atom. The molecule has 1 fully saturated rings. The van der Waals surface area contributed by atoms with Gasteiger partial charge in [-0.2, -0.15) is 16.9 Å². The van der Waals surface area contributed by atoms with Crippen LogP contribution < -0.4 is 10.0 Å². The van der Waals surface area contributed by atoms with Gasteiger partial charge in [0.25, 0.3) is 10.0 Å². The number of H-pyrrole nitrogens is 1. The SMILES string of the molecule is CSC(C)CCNS(=O)(=O)c1[nH]ncc1CNC1CC1. The Morgan fingerprint density at radius 3 is 2.95 bits per heavy atom. The maximum absolute atomic E-state index is 12.2. The van der Waals surface area contributed by atoms with Crippen molar-refractivity contribution in [2.45, 2.75) is 49.0 Å². The second-order valence-corrected chi connectivity index (χ2v) is 8.09. The van der Waals surface area contributed by atoms with Gasteiger partial charge in [-0.3, -0.25) is 5.10 Å². The Bertz CT molecular complexity index is 525. The van der Waals surface area contributed by atoms with Gasteiger partial charge in [0.15, 0.2) is 5.03 Å². The first-order valence-corrected chi connectivity index (χ1v) is 9.58. The Kier molecular flexibility index (Phi) is 5.48. The lowest BCUT2D eigenvalue weighted by atomic mass is 10.3. The highest BCUT2D eigenvalue weighted by Gasteiger charge is 2.24. The molecule has 1 aliphatic carbocycles. The topological polar surface area (TPSA) is 86.9 Å². The maximum atomic E-state index is 12.2. The number of hydrogen-bond donors (Lipinski definition) is 3. The number of nitrogens with one attached hydrogen (secondary N) is 3. The third-order valence-electron chi connectivity index (χ3n) is 3.35. The van der Waals surface area contributed by atoms with E-state index in [4.69, 9.17) is 0 Å². The highest BCUT2D eigenvalue weighted by Crippen LogP contribution is 2.20. The van der Waals surface area contributed by atoms with Crippen LogP contribution in [0.2, 0.25) is 0 Å². The molecule has 1 heterocycles. The molecule has 0 radical (unpaired) electrons. The fourth-order valence-electron chi connectivity index (χ4n) is 1.79. The van der Waals surface area contributed by atoms with Crippen LogP contribution in [0.5, 0.6) is 0 Å². The molecule has 2 rings (SSSR count). The molecule has 0 saturated heterocycles. The molecule has 6 nitrogen and oxygen atoms in total. The van der Waals surface area contributed by atoms with Crippen LogP contribution in [0.1, 0.15) is 31.7 Å². The molecule has 1 unspecified atom stereocenters. The van der Waals surface area contributed by atoms with Gasteiger partial charge in [0.1, 0.15) is 0 Å². The minimum Gasteiger partial charge on any atom is -0.310 e. The highest BCUT2D eigenvalue weighted by atomic mass is 32.2. The fraction of sp³-hybridized carbons (Fsp3) is 0.750. The Labute approximate surface area is 124 Å². The van der Waals surface area contributed by atoms with Gasteiger partial charge in [0, 0.05) is 29.9 Å². The molecule has 0 aliphatic heterocycles. The summed E-state index contributed by atoms with van der Waals surface area (Å²) in [5.74, 6) is 0. The molecule has 1 atom stereocenters. The molecule has 1 aliphatic rings. The molecule has 0 aromatic carbocycles. The summed E-state index contributed by atoms with van der Waals surface area (Å²) in [4.78, 5) is 0. The average molecular weight is 318 g/mol. The van der Waals surface area contributed by atoms with E-state index in [9.17, 15) is 8.42 Å². The van der Waals surface area contributed by atoms with Gasteiger partial charge in [-0.25, -0.2) is 13.1 Å². The predicted octanol–water partition coefficient (Wildman–Crippen LogP) is 1.08. The van der Waals surface area contributed by atoms with Crippen molar-refractivity contribution < 1.29 is 8.42 Å². The zero-order valence-electron chi connectivity index (χ0n) is 11.8. The number of aromatic nitrogens is 2. The van der Waals surface area contributed by atoms with Gasteiger partial charge in [-0.05, 0) is 25.5 Å². The standard InChI is InChI=1S/C12H22N4O2S2/c1-9(19-2)5-6-15-20(17,18)12-10(8-14-16-12)7-13-11-3-4-11/h8-9,11,13,15H,3-7H2,1-2H3,(H,14,16). The molecule has 8 heteroatoms. The van der Waals surface area contributed by atoms with Crippen molar-refractivity contribution >= 4 is 21.8 Å². The van der Waals surface area contributed by atoms with Crippen LogP contribution in [0.15, 0.2) is 11.2 Å². The third kappa shape index (κ3) is 4.47. The van der Waals surface area contributed by atoms with Gasteiger partial charge in [0.05, 0.1) is 6.20 Å². The molecule has 0 bridgehead atoms. The second-order valence-electron chi connectivity index (χ2n) is 5.11. The van der Waals surface area contributed by atoms with E-state index < -0.39 is 10.0 Å². The van der Waals surface area contributed by atoms with E-state index in [0.29, 0.717) is 29.9 Å². The number of aromatic amines is 1. The minimum atomic E-state index is -3.50. The number of sulfonamides is 1. The lowest BCUT2D eigenvalue weighted by molar-refractivity contribution is 0.571. The molecule has 0 spiro atoms. The van der Waals surface area contributed by atoms with Crippen LogP contribution in [0, 0.1) is 0 Å². The van der Waals surface area contributed by atoms with Crippen molar-refractivity contribution in [2.24, 2.45) is 0 Å². The zero-order chi connectivity index (χ0) is 14.6.